The molecule has 1 amide bonds. The Hall–Kier alpha value is -2.00. The lowest BCUT2D eigenvalue weighted by Gasteiger charge is -2.34. The third kappa shape index (κ3) is 4.77. The third-order valence-electron chi connectivity index (χ3n) is 6.26. The highest BCUT2D eigenvalue weighted by Crippen LogP contribution is 2.32. The van der Waals surface area contributed by atoms with E-state index >= 15 is 0 Å². The molecule has 31 heavy (non-hydrogen) atoms. The Kier molecular flexibility index (Phi) is 7.05. The van der Waals surface area contributed by atoms with E-state index in [-0.39, 0.29) is 17.6 Å². The summed E-state index contributed by atoms with van der Waals surface area (Å²) in [6.45, 7) is 11.6. The van der Waals surface area contributed by atoms with Gasteiger partial charge >= 0.3 is 0 Å². The first kappa shape index (κ1) is 23.7. The molecule has 0 radical (unpaired) electrons. The Morgan fingerprint density at radius 1 is 1.00 bits per heavy atom. The molecule has 0 unspecified atom stereocenters. The fraction of sp³-hybridized carbons (Fsp3) is 0.455. The second-order valence-corrected chi connectivity index (χ2v) is 10.3. The highest BCUT2D eigenvalue weighted by Gasteiger charge is 2.32. The lowest BCUT2D eigenvalue weighted by molar-refractivity contribution is -0.117. The van der Waals surface area contributed by atoms with Gasteiger partial charge in [0.2, 0.25) is 15.9 Å². The second kappa shape index (κ2) is 9.24. The first-order valence-electron chi connectivity index (χ1n) is 10.2. The Labute approximate surface area is 189 Å². The largest absolute Gasteiger partial charge is 0.322 e. The summed E-state index contributed by atoms with van der Waals surface area (Å²) >= 11 is 5.98. The summed E-state index contributed by atoms with van der Waals surface area (Å²) in [5, 5.41) is 2.99. The first-order chi connectivity index (χ1) is 14.5. The van der Waals surface area contributed by atoms with Crippen molar-refractivity contribution in [2.24, 2.45) is 0 Å². The van der Waals surface area contributed by atoms with Crippen LogP contribution in [-0.2, 0) is 14.8 Å². The Bertz CT molecular complexity index is 1080. The van der Waals surface area contributed by atoms with Crippen LogP contribution < -0.4 is 5.32 Å². The predicted octanol–water partition coefficient (Wildman–Crippen LogP) is 3.22. The van der Waals surface area contributed by atoms with Gasteiger partial charge in [-0.2, -0.15) is 4.31 Å². The molecule has 1 N–H and O–H groups in total. The molecule has 2 heterocycles. The van der Waals surface area contributed by atoms with Crippen LogP contribution in [0.25, 0.3) is 0 Å². The molecule has 0 spiro atoms. The van der Waals surface area contributed by atoms with Gasteiger partial charge in [0, 0.05) is 32.4 Å². The van der Waals surface area contributed by atoms with Crippen molar-refractivity contribution in [2.75, 3.05) is 38.0 Å². The van der Waals surface area contributed by atoms with Crippen molar-refractivity contribution in [1.82, 2.24) is 14.2 Å². The van der Waals surface area contributed by atoms with Crippen molar-refractivity contribution < 1.29 is 13.2 Å². The molecular formula is C22H29ClN4O3S. The molecule has 1 aliphatic heterocycles. The van der Waals surface area contributed by atoms with E-state index < -0.39 is 10.0 Å². The molecular weight excluding hydrogens is 436 g/mol. The zero-order chi connectivity index (χ0) is 22.9. The number of sulfonamides is 1. The van der Waals surface area contributed by atoms with E-state index in [0.717, 1.165) is 27.8 Å². The van der Waals surface area contributed by atoms with Crippen molar-refractivity contribution in [3.8, 4) is 0 Å². The zero-order valence-corrected chi connectivity index (χ0v) is 20.2. The number of hydrogen-bond donors (Lipinski definition) is 1. The number of piperazine rings is 1. The van der Waals surface area contributed by atoms with Gasteiger partial charge in [0.15, 0.2) is 5.15 Å². The smallest absolute Gasteiger partial charge is 0.243 e. The van der Waals surface area contributed by atoms with E-state index in [4.69, 9.17) is 11.6 Å². The van der Waals surface area contributed by atoms with Crippen LogP contribution in [-0.4, -0.2) is 61.2 Å². The number of nitrogens with one attached hydrogen (secondary N) is 1. The van der Waals surface area contributed by atoms with E-state index in [2.05, 4.69) is 10.3 Å². The summed E-state index contributed by atoms with van der Waals surface area (Å²) in [6, 6.07) is 3.39. The fourth-order valence-electron chi connectivity index (χ4n) is 3.98. The van der Waals surface area contributed by atoms with Gasteiger partial charge in [-0.05, 0) is 74.6 Å². The average Bonchev–Trinajstić information content (AvgIpc) is 2.73. The predicted molar refractivity (Wildman–Crippen MR) is 123 cm³/mol. The van der Waals surface area contributed by atoms with Crippen LogP contribution >= 0.6 is 11.6 Å². The quantitative estimate of drug-likeness (QED) is 0.687. The number of nitrogens with zero attached hydrogens (tertiary/aromatic N) is 3. The van der Waals surface area contributed by atoms with Gasteiger partial charge in [0.25, 0.3) is 0 Å². The molecule has 1 aromatic heterocycles. The third-order valence-corrected chi connectivity index (χ3v) is 8.74. The molecule has 0 bridgehead atoms. The van der Waals surface area contributed by atoms with E-state index in [1.807, 2.05) is 39.5 Å². The molecule has 9 heteroatoms. The average molecular weight is 465 g/mol. The number of aromatic nitrogens is 1. The number of halogens is 1. The zero-order valence-electron chi connectivity index (χ0n) is 18.6. The van der Waals surface area contributed by atoms with Crippen LogP contribution in [0, 0.1) is 34.6 Å². The summed E-state index contributed by atoms with van der Waals surface area (Å²) in [5.41, 5.74) is 5.27. The van der Waals surface area contributed by atoms with Gasteiger partial charge < -0.3 is 5.32 Å². The molecule has 7 nitrogen and oxygen atoms in total. The van der Waals surface area contributed by atoms with Crippen molar-refractivity contribution in [3.05, 3.63) is 51.3 Å². The maximum absolute atomic E-state index is 13.5. The second-order valence-electron chi connectivity index (χ2n) is 8.02. The molecule has 2 aromatic rings. The van der Waals surface area contributed by atoms with Crippen LogP contribution in [0.1, 0.15) is 27.8 Å². The molecule has 1 aromatic carbocycles. The summed E-state index contributed by atoms with van der Waals surface area (Å²) in [7, 11) is -3.61. The fourth-order valence-corrected chi connectivity index (χ4v) is 6.13. The van der Waals surface area contributed by atoms with E-state index in [9.17, 15) is 13.2 Å². The molecule has 3 rings (SSSR count). The standard InChI is InChI=1S/C22H29ClN4O3S/c1-14-15(2)17(4)21(18(5)16(14)3)31(29,30)27-11-9-26(10-12-27)13-20(28)25-19-7-6-8-24-22(19)23/h6-8H,9-13H2,1-5H3,(H,25,28). The molecule has 0 saturated carbocycles. The van der Waals surface area contributed by atoms with Gasteiger partial charge in [-0.3, -0.25) is 9.69 Å². The SMILES string of the molecule is Cc1c(C)c(C)c(S(=O)(=O)N2CCN(CC(=O)Nc3cccnc3Cl)CC2)c(C)c1C. The van der Waals surface area contributed by atoms with Crippen molar-refractivity contribution in [2.45, 2.75) is 39.5 Å². The molecule has 1 aliphatic rings. The van der Waals surface area contributed by atoms with Gasteiger partial charge in [0.05, 0.1) is 17.1 Å². The maximum atomic E-state index is 13.5. The highest BCUT2D eigenvalue weighted by atomic mass is 35.5. The van der Waals surface area contributed by atoms with Crippen molar-refractivity contribution in [3.63, 3.8) is 0 Å². The van der Waals surface area contributed by atoms with Crippen LogP contribution in [0.3, 0.4) is 0 Å². The minimum Gasteiger partial charge on any atom is -0.322 e. The maximum Gasteiger partial charge on any atom is 0.243 e. The number of rotatable bonds is 5. The highest BCUT2D eigenvalue weighted by molar-refractivity contribution is 7.89. The summed E-state index contributed by atoms with van der Waals surface area (Å²) in [5.74, 6) is -0.206. The number of carbonyl (C=O) groups excluding carboxylic acids is 1. The number of amides is 1. The molecule has 1 saturated heterocycles. The van der Waals surface area contributed by atoms with E-state index in [1.54, 1.807) is 18.3 Å². The number of benzene rings is 1. The van der Waals surface area contributed by atoms with Gasteiger partial charge in [-0.15, -0.1) is 0 Å². The van der Waals surface area contributed by atoms with Gasteiger partial charge in [-0.25, -0.2) is 13.4 Å². The number of pyridine rings is 1. The van der Waals surface area contributed by atoms with Gasteiger partial charge in [0.1, 0.15) is 0 Å². The lowest BCUT2D eigenvalue weighted by Crippen LogP contribution is -2.50. The summed E-state index contributed by atoms with van der Waals surface area (Å²) in [6.07, 6.45) is 1.55. The summed E-state index contributed by atoms with van der Waals surface area (Å²) < 4.78 is 28.4. The minimum absolute atomic E-state index is 0.167. The minimum atomic E-state index is -3.61. The number of carbonyl (C=O) groups is 1. The van der Waals surface area contributed by atoms with E-state index in [1.165, 1.54) is 4.31 Å². The first-order valence-corrected chi connectivity index (χ1v) is 12.1. The van der Waals surface area contributed by atoms with E-state index in [0.29, 0.717) is 36.8 Å². The Morgan fingerprint density at radius 2 is 1.55 bits per heavy atom. The normalized spacial score (nSPS) is 15.8. The van der Waals surface area contributed by atoms with Crippen LogP contribution in [0.4, 0.5) is 5.69 Å². The van der Waals surface area contributed by atoms with Crippen molar-refractivity contribution in [1.29, 1.82) is 0 Å². The number of hydrogen-bond acceptors (Lipinski definition) is 5. The van der Waals surface area contributed by atoms with Crippen LogP contribution in [0.15, 0.2) is 23.2 Å². The summed E-state index contributed by atoms with van der Waals surface area (Å²) in [4.78, 5) is 18.7. The van der Waals surface area contributed by atoms with Crippen LogP contribution in [0.2, 0.25) is 5.15 Å². The van der Waals surface area contributed by atoms with Gasteiger partial charge in [-0.1, -0.05) is 11.6 Å². The lowest BCUT2D eigenvalue weighted by atomic mass is 9.95. The molecule has 1 fully saturated rings. The molecule has 0 atom stereocenters. The Morgan fingerprint density at radius 3 is 2.10 bits per heavy atom. The molecule has 168 valence electrons. The van der Waals surface area contributed by atoms with Crippen LogP contribution in [0.5, 0.6) is 0 Å². The topological polar surface area (TPSA) is 82.6 Å². The van der Waals surface area contributed by atoms with Crippen molar-refractivity contribution >= 4 is 33.2 Å². The molecule has 0 aliphatic carbocycles. The Balaban J connectivity index is 1.68. The monoisotopic (exact) mass is 464 g/mol. The number of anilines is 1.